The van der Waals surface area contributed by atoms with Gasteiger partial charge in [-0.05, 0) is 39.0 Å². The van der Waals surface area contributed by atoms with Crippen molar-refractivity contribution in [1.82, 2.24) is 0 Å². The third-order valence-corrected chi connectivity index (χ3v) is 6.60. The minimum absolute atomic E-state index is 0.00483. The van der Waals surface area contributed by atoms with Crippen LogP contribution in [0.15, 0.2) is 0 Å². The van der Waals surface area contributed by atoms with E-state index in [1.54, 1.807) is 0 Å². The SMILES string of the molecule is [CH2]CCCC(CC[C]1CCCCCCCCCCCCCCCCCO1)C(=O)OCC. The molecule has 182 valence electrons. The Morgan fingerprint density at radius 2 is 1.35 bits per heavy atom. The van der Waals surface area contributed by atoms with Gasteiger partial charge in [-0.2, -0.15) is 0 Å². The molecule has 0 spiro atoms. The zero-order chi connectivity index (χ0) is 22.4. The molecular weight excluding hydrogens is 384 g/mol. The Labute approximate surface area is 194 Å². The van der Waals surface area contributed by atoms with E-state index in [-0.39, 0.29) is 11.9 Å². The van der Waals surface area contributed by atoms with Gasteiger partial charge in [-0.25, -0.2) is 0 Å². The van der Waals surface area contributed by atoms with E-state index in [0.29, 0.717) is 6.61 Å². The maximum atomic E-state index is 12.3. The summed E-state index contributed by atoms with van der Waals surface area (Å²) in [6, 6.07) is 0. The molecule has 1 aliphatic rings. The highest BCUT2D eigenvalue weighted by atomic mass is 16.5. The van der Waals surface area contributed by atoms with Crippen molar-refractivity contribution in [2.24, 2.45) is 5.92 Å². The third kappa shape index (κ3) is 16.7. The summed E-state index contributed by atoms with van der Waals surface area (Å²) >= 11 is 0. The summed E-state index contributed by atoms with van der Waals surface area (Å²) in [5, 5.41) is 0. The average Bonchev–Trinajstić information content (AvgIpc) is 2.77. The minimum atomic E-state index is -0.0346. The summed E-state index contributed by atoms with van der Waals surface area (Å²) in [5.41, 5.74) is 0. The first-order valence-electron chi connectivity index (χ1n) is 13.7. The maximum absolute atomic E-state index is 12.3. The largest absolute Gasteiger partial charge is 0.466 e. The van der Waals surface area contributed by atoms with Gasteiger partial charge in [-0.3, -0.25) is 4.79 Å². The van der Waals surface area contributed by atoms with E-state index in [1.807, 2.05) is 6.92 Å². The molecule has 0 amide bonds. The topological polar surface area (TPSA) is 35.5 Å². The van der Waals surface area contributed by atoms with E-state index in [9.17, 15) is 4.79 Å². The smallest absolute Gasteiger partial charge is 0.308 e. The van der Waals surface area contributed by atoms with Gasteiger partial charge >= 0.3 is 5.97 Å². The second-order valence-corrected chi connectivity index (χ2v) is 9.42. The second-order valence-electron chi connectivity index (χ2n) is 9.42. The van der Waals surface area contributed by atoms with Crippen LogP contribution in [0.3, 0.4) is 0 Å². The van der Waals surface area contributed by atoms with Gasteiger partial charge in [-0.1, -0.05) is 110 Å². The fourth-order valence-electron chi connectivity index (χ4n) is 4.57. The first kappa shape index (κ1) is 28.5. The summed E-state index contributed by atoms with van der Waals surface area (Å²) in [4.78, 5) is 12.3. The molecule has 1 unspecified atom stereocenters. The number of unbranched alkanes of at least 4 members (excludes halogenated alkanes) is 1. The lowest BCUT2D eigenvalue weighted by molar-refractivity contribution is -0.148. The zero-order valence-corrected chi connectivity index (χ0v) is 20.8. The molecule has 0 aliphatic carbocycles. The number of esters is 1. The predicted molar refractivity (Wildman–Crippen MR) is 132 cm³/mol. The van der Waals surface area contributed by atoms with E-state index in [0.717, 1.165) is 51.6 Å². The van der Waals surface area contributed by atoms with Crippen molar-refractivity contribution in [3.8, 4) is 0 Å². The van der Waals surface area contributed by atoms with Crippen molar-refractivity contribution < 1.29 is 14.3 Å². The van der Waals surface area contributed by atoms with Crippen molar-refractivity contribution in [3.63, 3.8) is 0 Å². The summed E-state index contributed by atoms with van der Waals surface area (Å²) in [7, 11) is 0. The van der Waals surface area contributed by atoms with E-state index in [2.05, 4.69) is 6.92 Å². The molecule has 1 heterocycles. The van der Waals surface area contributed by atoms with Gasteiger partial charge in [-0.15, -0.1) is 0 Å². The lowest BCUT2D eigenvalue weighted by atomic mass is 9.93. The van der Waals surface area contributed by atoms with E-state index in [4.69, 9.17) is 9.47 Å². The summed E-state index contributed by atoms with van der Waals surface area (Å²) in [6.07, 6.45) is 27.2. The quantitative estimate of drug-likeness (QED) is 0.357. The molecule has 1 aliphatic heterocycles. The Hall–Kier alpha value is -0.570. The van der Waals surface area contributed by atoms with E-state index >= 15 is 0 Å². The fraction of sp³-hybridized carbons (Fsp3) is 0.893. The van der Waals surface area contributed by atoms with Crippen LogP contribution in [0.4, 0.5) is 0 Å². The molecule has 1 atom stereocenters. The lowest BCUT2D eigenvalue weighted by Gasteiger charge is -2.20. The number of carbonyl (C=O) groups excluding carboxylic acids is 1. The fourth-order valence-corrected chi connectivity index (χ4v) is 4.57. The number of rotatable bonds is 8. The highest BCUT2D eigenvalue weighted by Crippen LogP contribution is 2.26. The molecule has 0 aromatic carbocycles. The van der Waals surface area contributed by atoms with Crippen LogP contribution < -0.4 is 0 Å². The molecule has 0 aromatic heterocycles. The Bertz CT molecular complexity index is 376. The summed E-state index contributed by atoms with van der Waals surface area (Å²) in [6.45, 7) is 7.13. The normalized spacial score (nSPS) is 20.8. The minimum Gasteiger partial charge on any atom is -0.466 e. The molecule has 1 saturated heterocycles. The molecule has 1 fully saturated rings. The molecule has 0 aromatic rings. The van der Waals surface area contributed by atoms with Crippen LogP contribution in [0.5, 0.6) is 0 Å². The first-order valence-corrected chi connectivity index (χ1v) is 13.7. The van der Waals surface area contributed by atoms with Crippen LogP contribution >= 0.6 is 0 Å². The van der Waals surface area contributed by atoms with Crippen LogP contribution in [0.1, 0.15) is 142 Å². The van der Waals surface area contributed by atoms with Crippen LogP contribution in [0, 0.1) is 18.9 Å². The highest BCUT2D eigenvalue weighted by molar-refractivity contribution is 5.72. The maximum Gasteiger partial charge on any atom is 0.308 e. The first-order chi connectivity index (χ1) is 15.3. The van der Waals surface area contributed by atoms with Crippen LogP contribution in [0.2, 0.25) is 0 Å². The van der Waals surface area contributed by atoms with Gasteiger partial charge in [0.15, 0.2) is 0 Å². The van der Waals surface area contributed by atoms with Crippen molar-refractivity contribution in [2.75, 3.05) is 13.2 Å². The van der Waals surface area contributed by atoms with E-state index < -0.39 is 0 Å². The van der Waals surface area contributed by atoms with Crippen molar-refractivity contribution in [2.45, 2.75) is 142 Å². The molecule has 2 radical (unpaired) electrons. The Morgan fingerprint density at radius 3 is 1.87 bits per heavy atom. The van der Waals surface area contributed by atoms with Gasteiger partial charge in [0.25, 0.3) is 0 Å². The Morgan fingerprint density at radius 1 is 0.839 bits per heavy atom. The molecule has 3 heteroatoms. The van der Waals surface area contributed by atoms with Gasteiger partial charge in [0.05, 0.1) is 18.6 Å². The summed E-state index contributed by atoms with van der Waals surface area (Å²) in [5.74, 6) is -0.0394. The second kappa shape index (κ2) is 21.3. The van der Waals surface area contributed by atoms with Crippen LogP contribution in [-0.4, -0.2) is 19.2 Å². The lowest BCUT2D eigenvalue weighted by Crippen LogP contribution is -2.19. The Balaban J connectivity index is 2.45. The number of carbonyl (C=O) groups is 1. The number of hydrogen-bond acceptors (Lipinski definition) is 3. The Kier molecular flexibility index (Phi) is 19.5. The molecule has 0 bridgehead atoms. The van der Waals surface area contributed by atoms with Crippen molar-refractivity contribution in [3.05, 3.63) is 13.0 Å². The van der Waals surface area contributed by atoms with Crippen molar-refractivity contribution in [1.29, 1.82) is 0 Å². The number of ether oxygens (including phenoxy) is 2. The van der Waals surface area contributed by atoms with Gasteiger partial charge in [0, 0.05) is 6.61 Å². The predicted octanol–water partition coefficient (Wildman–Crippen LogP) is 8.75. The van der Waals surface area contributed by atoms with Crippen LogP contribution in [-0.2, 0) is 14.3 Å². The van der Waals surface area contributed by atoms with E-state index in [1.165, 1.54) is 96.0 Å². The highest BCUT2D eigenvalue weighted by Gasteiger charge is 2.22. The molecule has 31 heavy (non-hydrogen) atoms. The van der Waals surface area contributed by atoms with Crippen LogP contribution in [0.25, 0.3) is 0 Å². The third-order valence-electron chi connectivity index (χ3n) is 6.60. The van der Waals surface area contributed by atoms with Crippen molar-refractivity contribution >= 4 is 5.97 Å². The average molecular weight is 437 g/mol. The molecule has 1 rings (SSSR count). The molecular formula is C28H52O3. The molecule has 3 nitrogen and oxygen atoms in total. The zero-order valence-electron chi connectivity index (χ0n) is 20.8. The van der Waals surface area contributed by atoms with Gasteiger partial charge in [0.1, 0.15) is 0 Å². The van der Waals surface area contributed by atoms with Gasteiger partial charge in [0.2, 0.25) is 0 Å². The van der Waals surface area contributed by atoms with Gasteiger partial charge < -0.3 is 9.47 Å². The monoisotopic (exact) mass is 436 g/mol. The summed E-state index contributed by atoms with van der Waals surface area (Å²) < 4.78 is 11.6. The standard InChI is InChI=1S/C28H52O3/c1-3-5-21-26(28(29)30-4-2)23-24-27-22-19-17-15-13-11-9-7-6-8-10-12-14-16-18-20-25-31-27/h26H,1,3-25H2,2H3. The number of hydrogen-bond donors (Lipinski definition) is 0. The molecule has 0 N–H and O–H groups in total. The molecule has 0 saturated carbocycles.